The third-order valence-electron chi connectivity index (χ3n) is 5.17. The summed E-state index contributed by atoms with van der Waals surface area (Å²) < 4.78 is 11.2. The second kappa shape index (κ2) is 6.06. The lowest BCUT2D eigenvalue weighted by Gasteiger charge is -2.18. The summed E-state index contributed by atoms with van der Waals surface area (Å²) in [5.74, 6) is 1.92. The van der Waals surface area contributed by atoms with Gasteiger partial charge in [0.05, 0.1) is 0 Å². The molecule has 0 saturated heterocycles. The minimum atomic E-state index is 0.0107. The molecule has 0 bridgehead atoms. The van der Waals surface area contributed by atoms with Crippen LogP contribution in [0.5, 0.6) is 11.5 Å². The average molecular weight is 345 g/mol. The number of fused-ring (bicyclic) bond motifs is 2. The van der Waals surface area contributed by atoms with Gasteiger partial charge in [0.2, 0.25) is 5.91 Å². The monoisotopic (exact) mass is 345 g/mol. The molecular formula is C22H19NO3. The van der Waals surface area contributed by atoms with Crippen molar-refractivity contribution in [2.75, 3.05) is 18.5 Å². The summed E-state index contributed by atoms with van der Waals surface area (Å²) in [5.41, 5.74) is 2.02. The molecule has 0 aromatic heterocycles. The van der Waals surface area contributed by atoms with Gasteiger partial charge < -0.3 is 14.8 Å². The van der Waals surface area contributed by atoms with Crippen LogP contribution in [0.4, 0.5) is 5.69 Å². The average Bonchev–Trinajstić information content (AvgIpc) is 3.49. The van der Waals surface area contributed by atoms with Crippen molar-refractivity contribution in [1.82, 2.24) is 0 Å². The van der Waals surface area contributed by atoms with Crippen molar-refractivity contribution < 1.29 is 14.3 Å². The van der Waals surface area contributed by atoms with E-state index in [0.29, 0.717) is 13.2 Å². The molecule has 1 aliphatic heterocycles. The van der Waals surface area contributed by atoms with E-state index < -0.39 is 0 Å². The van der Waals surface area contributed by atoms with Gasteiger partial charge in [-0.3, -0.25) is 4.79 Å². The largest absolute Gasteiger partial charge is 0.486 e. The number of ether oxygens (including phenoxy) is 2. The number of nitrogens with one attached hydrogen (secondary N) is 1. The van der Waals surface area contributed by atoms with Crippen LogP contribution in [0, 0.1) is 5.92 Å². The molecule has 1 N–H and O–H groups in total. The molecule has 1 fully saturated rings. The van der Waals surface area contributed by atoms with Crippen LogP contribution in [0.15, 0.2) is 60.7 Å². The van der Waals surface area contributed by atoms with E-state index in [9.17, 15) is 4.79 Å². The van der Waals surface area contributed by atoms with Crippen LogP contribution in [0.2, 0.25) is 0 Å². The molecule has 5 rings (SSSR count). The van der Waals surface area contributed by atoms with Crippen molar-refractivity contribution in [2.24, 2.45) is 5.92 Å². The Bertz CT molecular complexity index is 992. The zero-order valence-corrected chi connectivity index (χ0v) is 14.3. The Balaban J connectivity index is 1.33. The molecule has 1 amide bonds. The minimum absolute atomic E-state index is 0.0107. The molecule has 4 nitrogen and oxygen atoms in total. The smallest absolute Gasteiger partial charge is 0.228 e. The Labute approximate surface area is 151 Å². The first-order valence-corrected chi connectivity index (χ1v) is 8.98. The van der Waals surface area contributed by atoms with Crippen LogP contribution >= 0.6 is 0 Å². The highest BCUT2D eigenvalue weighted by atomic mass is 16.6. The number of hydrogen-bond donors (Lipinski definition) is 1. The Morgan fingerprint density at radius 1 is 0.923 bits per heavy atom. The summed E-state index contributed by atoms with van der Waals surface area (Å²) >= 11 is 0. The first-order valence-electron chi connectivity index (χ1n) is 8.98. The van der Waals surface area contributed by atoms with E-state index in [0.717, 1.165) is 39.9 Å². The maximum absolute atomic E-state index is 12.7. The zero-order chi connectivity index (χ0) is 17.5. The van der Waals surface area contributed by atoms with E-state index in [1.807, 2.05) is 48.5 Å². The normalized spacial score (nSPS) is 20.6. The number of carbonyl (C=O) groups excluding carboxylic acids is 1. The number of rotatable bonds is 3. The van der Waals surface area contributed by atoms with Crippen molar-refractivity contribution in [3.05, 3.63) is 66.2 Å². The molecule has 2 aliphatic rings. The highest BCUT2D eigenvalue weighted by Gasteiger charge is 2.44. The number of benzene rings is 3. The van der Waals surface area contributed by atoms with E-state index in [1.54, 1.807) is 0 Å². The SMILES string of the molecule is O=C(Nc1cccc2ccccc12)[C@@H]1C[C@H]1c1ccc2c(c1)OCCO2. The van der Waals surface area contributed by atoms with Gasteiger partial charge in [-0.1, -0.05) is 42.5 Å². The van der Waals surface area contributed by atoms with Crippen molar-refractivity contribution in [3.63, 3.8) is 0 Å². The molecule has 26 heavy (non-hydrogen) atoms. The van der Waals surface area contributed by atoms with Gasteiger partial charge in [0, 0.05) is 17.0 Å². The fourth-order valence-corrected chi connectivity index (χ4v) is 3.70. The lowest BCUT2D eigenvalue weighted by molar-refractivity contribution is -0.117. The highest BCUT2D eigenvalue weighted by molar-refractivity contribution is 6.03. The van der Waals surface area contributed by atoms with Crippen LogP contribution in [0.3, 0.4) is 0 Å². The second-order valence-corrected chi connectivity index (χ2v) is 6.87. The molecule has 1 aliphatic carbocycles. The van der Waals surface area contributed by atoms with E-state index in [4.69, 9.17) is 9.47 Å². The Morgan fingerprint density at radius 2 is 1.73 bits per heavy atom. The van der Waals surface area contributed by atoms with Crippen molar-refractivity contribution in [2.45, 2.75) is 12.3 Å². The first kappa shape index (κ1) is 15.3. The Kier molecular flexibility index (Phi) is 3.56. The van der Waals surface area contributed by atoms with E-state index in [2.05, 4.69) is 17.4 Å². The van der Waals surface area contributed by atoms with Gasteiger partial charge in [0.1, 0.15) is 13.2 Å². The van der Waals surface area contributed by atoms with Gasteiger partial charge in [-0.05, 0) is 41.5 Å². The maximum atomic E-state index is 12.7. The molecule has 0 radical (unpaired) electrons. The highest BCUT2D eigenvalue weighted by Crippen LogP contribution is 2.50. The Hall–Kier alpha value is -3.01. The van der Waals surface area contributed by atoms with Gasteiger partial charge >= 0.3 is 0 Å². The van der Waals surface area contributed by atoms with Crippen LogP contribution in [0.25, 0.3) is 10.8 Å². The van der Waals surface area contributed by atoms with Crippen molar-refractivity contribution >= 4 is 22.4 Å². The topological polar surface area (TPSA) is 47.6 Å². The van der Waals surface area contributed by atoms with Gasteiger partial charge in [-0.15, -0.1) is 0 Å². The Morgan fingerprint density at radius 3 is 2.65 bits per heavy atom. The molecule has 0 spiro atoms. The predicted octanol–water partition coefficient (Wildman–Crippen LogP) is 4.35. The number of anilines is 1. The quantitative estimate of drug-likeness (QED) is 0.767. The fraction of sp³-hybridized carbons (Fsp3) is 0.227. The molecule has 0 unspecified atom stereocenters. The zero-order valence-electron chi connectivity index (χ0n) is 14.3. The van der Waals surface area contributed by atoms with Crippen molar-refractivity contribution in [1.29, 1.82) is 0 Å². The second-order valence-electron chi connectivity index (χ2n) is 6.87. The molecule has 130 valence electrons. The molecule has 4 heteroatoms. The summed E-state index contributed by atoms with van der Waals surface area (Å²) in [7, 11) is 0. The minimum Gasteiger partial charge on any atom is -0.486 e. The summed E-state index contributed by atoms with van der Waals surface area (Å²) in [4.78, 5) is 12.7. The third kappa shape index (κ3) is 2.68. The van der Waals surface area contributed by atoms with Gasteiger partial charge in [-0.2, -0.15) is 0 Å². The lowest BCUT2D eigenvalue weighted by Crippen LogP contribution is -2.16. The number of carbonyl (C=O) groups is 1. The third-order valence-corrected chi connectivity index (χ3v) is 5.17. The molecule has 3 aromatic carbocycles. The fourth-order valence-electron chi connectivity index (χ4n) is 3.70. The van der Waals surface area contributed by atoms with Crippen LogP contribution in [0.1, 0.15) is 17.9 Å². The standard InChI is InChI=1S/C22H19NO3/c24-22(23-19-7-3-5-14-4-1-2-6-16(14)19)18-13-17(18)15-8-9-20-21(12-15)26-11-10-25-20/h1-9,12,17-18H,10-11,13H2,(H,23,24)/t17-,18+/m0/s1. The first-order chi connectivity index (χ1) is 12.8. The van der Waals surface area contributed by atoms with Gasteiger partial charge in [0.15, 0.2) is 11.5 Å². The van der Waals surface area contributed by atoms with E-state index in [1.165, 1.54) is 0 Å². The van der Waals surface area contributed by atoms with Crippen LogP contribution < -0.4 is 14.8 Å². The number of hydrogen-bond acceptors (Lipinski definition) is 3. The summed E-state index contributed by atoms with van der Waals surface area (Å²) in [6, 6.07) is 20.1. The van der Waals surface area contributed by atoms with Crippen LogP contribution in [-0.4, -0.2) is 19.1 Å². The molecule has 3 aromatic rings. The molecule has 1 saturated carbocycles. The maximum Gasteiger partial charge on any atom is 0.228 e. The van der Waals surface area contributed by atoms with E-state index >= 15 is 0 Å². The lowest BCUT2D eigenvalue weighted by atomic mass is 10.1. The predicted molar refractivity (Wildman–Crippen MR) is 101 cm³/mol. The molecule has 1 heterocycles. The van der Waals surface area contributed by atoms with Crippen LogP contribution in [-0.2, 0) is 4.79 Å². The summed E-state index contributed by atoms with van der Waals surface area (Å²) in [6.45, 7) is 1.16. The van der Waals surface area contributed by atoms with Gasteiger partial charge in [0.25, 0.3) is 0 Å². The van der Waals surface area contributed by atoms with Gasteiger partial charge in [-0.25, -0.2) is 0 Å². The molecule has 2 atom stereocenters. The summed E-state index contributed by atoms with van der Waals surface area (Å²) in [6.07, 6.45) is 0.871. The molecular weight excluding hydrogens is 326 g/mol. The van der Waals surface area contributed by atoms with Crippen molar-refractivity contribution in [3.8, 4) is 11.5 Å². The van der Waals surface area contributed by atoms with E-state index in [-0.39, 0.29) is 17.7 Å². The summed E-state index contributed by atoms with van der Waals surface area (Å²) in [5, 5.41) is 5.31. The number of amides is 1.